The summed E-state index contributed by atoms with van der Waals surface area (Å²) in [4.78, 5) is 12.7. The Morgan fingerprint density at radius 3 is 2.55 bits per heavy atom. The number of carbonyl (C=O) groups excluding carboxylic acids is 1. The van der Waals surface area contributed by atoms with Gasteiger partial charge in [0.15, 0.2) is 5.78 Å². The number of ketones is 1. The molecule has 29 heavy (non-hydrogen) atoms. The summed E-state index contributed by atoms with van der Waals surface area (Å²) in [6.45, 7) is 4.47. The Morgan fingerprint density at radius 1 is 1.14 bits per heavy atom. The number of carbonyl (C=O) groups is 1. The Kier molecular flexibility index (Phi) is 5.42. The molecular weight excluding hydrogens is 384 g/mol. The van der Waals surface area contributed by atoms with Crippen molar-refractivity contribution in [2.75, 3.05) is 0 Å². The zero-order valence-electron chi connectivity index (χ0n) is 16.0. The van der Waals surface area contributed by atoms with E-state index in [9.17, 15) is 10.1 Å². The lowest BCUT2D eigenvalue weighted by Crippen LogP contribution is -2.36. The second kappa shape index (κ2) is 8.14. The lowest BCUT2D eigenvalue weighted by atomic mass is 9.72. The van der Waals surface area contributed by atoms with E-state index in [0.29, 0.717) is 23.7 Å². The molecule has 1 aliphatic carbocycles. The maximum atomic E-state index is 12.7. The van der Waals surface area contributed by atoms with Crippen molar-refractivity contribution in [2.24, 2.45) is 5.92 Å². The molecule has 2 unspecified atom stereocenters. The van der Waals surface area contributed by atoms with Gasteiger partial charge in [-0.2, -0.15) is 5.26 Å². The first-order valence-electron chi connectivity index (χ1n) is 9.65. The van der Waals surface area contributed by atoms with Crippen molar-refractivity contribution in [3.05, 3.63) is 88.2 Å². The van der Waals surface area contributed by atoms with E-state index in [1.165, 1.54) is 0 Å². The van der Waals surface area contributed by atoms with Crippen LogP contribution in [0.3, 0.4) is 0 Å². The minimum Gasteiger partial charge on any atom is -0.489 e. The van der Waals surface area contributed by atoms with E-state index in [2.05, 4.69) is 18.0 Å². The Bertz CT molecular complexity index is 1020. The van der Waals surface area contributed by atoms with Gasteiger partial charge < -0.3 is 10.1 Å². The molecule has 0 bridgehead atoms. The van der Waals surface area contributed by atoms with Crippen LogP contribution in [0, 0.1) is 17.2 Å². The molecule has 0 aromatic heterocycles. The fraction of sp³-hybridized carbons (Fsp3) is 0.250. The number of ether oxygens (including phenoxy) is 1. The zero-order valence-corrected chi connectivity index (χ0v) is 16.7. The second-order valence-corrected chi connectivity index (χ2v) is 7.82. The number of nitriles is 1. The van der Waals surface area contributed by atoms with E-state index < -0.39 is 5.92 Å². The van der Waals surface area contributed by atoms with Gasteiger partial charge in [0.25, 0.3) is 0 Å². The first kappa shape index (κ1) is 19.3. The third-order valence-corrected chi connectivity index (χ3v) is 5.74. The molecule has 0 fully saturated rings. The van der Waals surface area contributed by atoms with Crippen LogP contribution in [0.25, 0.3) is 0 Å². The summed E-state index contributed by atoms with van der Waals surface area (Å²) < 4.78 is 5.86. The molecule has 5 heteroatoms. The number of nitrogens with zero attached hydrogens (tertiary/aromatic N) is 1. The lowest BCUT2D eigenvalue weighted by Gasteiger charge is -2.36. The van der Waals surface area contributed by atoms with Crippen molar-refractivity contribution in [3.63, 3.8) is 0 Å². The third-order valence-electron chi connectivity index (χ3n) is 5.48. The molecular formula is C24H21ClN2O2. The van der Waals surface area contributed by atoms with Gasteiger partial charge >= 0.3 is 0 Å². The number of allylic oxidation sites excluding steroid dienone is 3. The number of halogens is 1. The summed E-state index contributed by atoms with van der Waals surface area (Å²) in [6, 6.07) is 17.5. The molecule has 1 aliphatic heterocycles. The molecule has 2 aliphatic rings. The summed E-state index contributed by atoms with van der Waals surface area (Å²) in [5.41, 5.74) is 4.28. The second-order valence-electron chi connectivity index (χ2n) is 7.39. The van der Waals surface area contributed by atoms with Gasteiger partial charge in [0.05, 0.1) is 12.0 Å². The average Bonchev–Trinajstić information content (AvgIpc) is 2.73. The molecule has 146 valence electrons. The highest BCUT2D eigenvalue weighted by atomic mass is 35.5. The maximum absolute atomic E-state index is 12.7. The fourth-order valence-corrected chi connectivity index (χ4v) is 4.15. The quantitative estimate of drug-likeness (QED) is 0.754. The number of rotatable bonds is 4. The number of hydrogen-bond acceptors (Lipinski definition) is 4. The Morgan fingerprint density at radius 2 is 1.86 bits per heavy atom. The fourth-order valence-electron chi connectivity index (χ4n) is 4.02. The molecule has 1 N–H and O–H groups in total. The number of benzene rings is 2. The van der Waals surface area contributed by atoms with Crippen LogP contribution in [-0.2, 0) is 11.4 Å². The number of Topliss-reactive ketones (excluding diaryl/α,β-unsaturated/α-hetero) is 1. The van der Waals surface area contributed by atoms with Crippen LogP contribution >= 0.6 is 11.6 Å². The number of hydrogen-bond donors (Lipinski definition) is 1. The minimum atomic E-state index is -0.475. The van der Waals surface area contributed by atoms with E-state index in [4.69, 9.17) is 16.3 Å². The summed E-state index contributed by atoms with van der Waals surface area (Å²) in [7, 11) is 0. The van der Waals surface area contributed by atoms with Gasteiger partial charge in [0.1, 0.15) is 12.4 Å². The summed E-state index contributed by atoms with van der Waals surface area (Å²) in [5.74, 6) is 0.0900. The summed E-state index contributed by atoms with van der Waals surface area (Å²) in [6.07, 6.45) is 2.18. The summed E-state index contributed by atoms with van der Waals surface area (Å²) in [5, 5.41) is 13.6. The predicted octanol–water partition coefficient (Wildman–Crippen LogP) is 5.27. The van der Waals surface area contributed by atoms with Crippen molar-refractivity contribution >= 4 is 17.4 Å². The van der Waals surface area contributed by atoms with Crippen LogP contribution < -0.4 is 10.1 Å². The van der Waals surface area contributed by atoms with Gasteiger partial charge in [0, 0.05) is 34.3 Å². The topological polar surface area (TPSA) is 62.1 Å². The predicted molar refractivity (Wildman–Crippen MR) is 112 cm³/mol. The van der Waals surface area contributed by atoms with Gasteiger partial charge in [-0.05, 0) is 48.2 Å². The molecule has 2 aromatic carbocycles. The van der Waals surface area contributed by atoms with Crippen molar-refractivity contribution in [2.45, 2.75) is 31.8 Å². The Balaban J connectivity index is 1.57. The van der Waals surface area contributed by atoms with Crippen molar-refractivity contribution in [1.29, 1.82) is 5.26 Å². The smallest absolute Gasteiger partial charge is 0.161 e. The van der Waals surface area contributed by atoms with Crippen molar-refractivity contribution < 1.29 is 9.53 Å². The lowest BCUT2D eigenvalue weighted by molar-refractivity contribution is -0.116. The molecule has 0 saturated carbocycles. The van der Waals surface area contributed by atoms with Crippen LogP contribution in [0.15, 0.2) is 72.1 Å². The van der Waals surface area contributed by atoms with E-state index in [0.717, 1.165) is 41.0 Å². The van der Waals surface area contributed by atoms with Gasteiger partial charge in [-0.1, -0.05) is 42.4 Å². The molecule has 2 atom stereocenters. The van der Waals surface area contributed by atoms with E-state index in [1.807, 2.05) is 48.5 Å². The highest BCUT2D eigenvalue weighted by Gasteiger charge is 2.39. The highest BCUT2D eigenvalue weighted by Crippen LogP contribution is 2.43. The molecule has 0 spiro atoms. The SMILES string of the molecule is C=C1NC2=C(C(=O)CCC2)C(c2ccc(OCc3ccc(Cl)cc3)cc2)C1C#N. The molecule has 4 nitrogen and oxygen atoms in total. The van der Waals surface area contributed by atoms with Crippen LogP contribution in [0.4, 0.5) is 0 Å². The molecule has 0 amide bonds. The Labute approximate surface area is 175 Å². The first-order chi connectivity index (χ1) is 14.1. The first-order valence-corrected chi connectivity index (χ1v) is 10.0. The van der Waals surface area contributed by atoms with Crippen LogP contribution in [0.5, 0.6) is 5.75 Å². The van der Waals surface area contributed by atoms with E-state index in [1.54, 1.807) is 0 Å². The zero-order chi connectivity index (χ0) is 20.4. The van der Waals surface area contributed by atoms with Gasteiger partial charge in [-0.15, -0.1) is 0 Å². The average molecular weight is 405 g/mol. The highest BCUT2D eigenvalue weighted by molar-refractivity contribution is 6.30. The van der Waals surface area contributed by atoms with Gasteiger partial charge in [-0.3, -0.25) is 4.79 Å². The minimum absolute atomic E-state index is 0.125. The van der Waals surface area contributed by atoms with Crippen LogP contribution in [0.2, 0.25) is 5.02 Å². The largest absolute Gasteiger partial charge is 0.489 e. The Hall–Kier alpha value is -3.03. The van der Waals surface area contributed by atoms with Gasteiger partial charge in [-0.25, -0.2) is 0 Å². The maximum Gasteiger partial charge on any atom is 0.161 e. The van der Waals surface area contributed by atoms with E-state index in [-0.39, 0.29) is 11.7 Å². The number of nitrogens with one attached hydrogen (secondary N) is 1. The molecule has 0 saturated heterocycles. The van der Waals surface area contributed by atoms with E-state index >= 15 is 0 Å². The van der Waals surface area contributed by atoms with Gasteiger partial charge in [0.2, 0.25) is 0 Å². The molecule has 0 radical (unpaired) electrons. The van der Waals surface area contributed by atoms with Crippen LogP contribution in [0.1, 0.15) is 36.3 Å². The van der Waals surface area contributed by atoms with Crippen molar-refractivity contribution in [3.8, 4) is 11.8 Å². The van der Waals surface area contributed by atoms with Crippen LogP contribution in [-0.4, -0.2) is 5.78 Å². The summed E-state index contributed by atoms with van der Waals surface area (Å²) >= 11 is 5.91. The molecule has 4 rings (SSSR count). The normalized spacial score (nSPS) is 21.2. The van der Waals surface area contributed by atoms with Crippen molar-refractivity contribution in [1.82, 2.24) is 5.32 Å². The standard InChI is InChI=1S/C24H21ClN2O2/c1-15-20(13-26)23(24-21(27-15)3-2-4-22(24)28)17-7-11-19(12-8-17)29-14-16-5-9-18(25)10-6-16/h5-12,20,23,27H,1-4,14H2. The monoisotopic (exact) mass is 404 g/mol. The third kappa shape index (κ3) is 3.92. The molecule has 1 heterocycles. The molecule has 2 aromatic rings.